The zero-order valence-corrected chi connectivity index (χ0v) is 16.6. The highest BCUT2D eigenvalue weighted by Gasteiger charge is 2.54. The van der Waals surface area contributed by atoms with Crippen LogP contribution in [0.2, 0.25) is 19.6 Å². The fourth-order valence-electron chi connectivity index (χ4n) is 2.37. The third-order valence-corrected chi connectivity index (χ3v) is 4.16. The van der Waals surface area contributed by atoms with Crippen LogP contribution in [-0.4, -0.2) is 52.6 Å². The molecule has 0 aliphatic rings. The number of hydrogen-bond donors (Lipinski definition) is 0. The quantitative estimate of drug-likeness (QED) is 0.304. The van der Waals surface area contributed by atoms with Gasteiger partial charge < -0.3 is 18.8 Å². The van der Waals surface area contributed by atoms with E-state index in [1.54, 1.807) is 6.92 Å². The Bertz CT molecular complexity index is 602. The van der Waals surface area contributed by atoms with Gasteiger partial charge in [0, 0.05) is 19.7 Å². The van der Waals surface area contributed by atoms with Gasteiger partial charge in [0.25, 0.3) is 11.5 Å². The Labute approximate surface area is 149 Å². The average Bonchev–Trinajstić information content (AvgIpc) is 2.52. The number of carbonyl (C=O) groups is 2. The van der Waals surface area contributed by atoms with Crippen LogP contribution in [0, 0.1) is 5.82 Å². The number of amides is 1. The molecule has 0 heterocycles. The van der Waals surface area contributed by atoms with Gasteiger partial charge in [-0.25, -0.2) is 9.18 Å². The number of nitrogens with zero attached hydrogens (tertiary/aromatic N) is 1. The standard InChI is InChI=1S/C17H26FNO5Si/c1-7-23-16(21)17(24-25(4,5)6,15(20)19(2)12-22-3)13-8-10-14(18)11-9-13/h8-11H,7,12H2,1-6H3. The van der Waals surface area contributed by atoms with Crippen molar-refractivity contribution in [3.63, 3.8) is 0 Å². The number of hydrogen-bond acceptors (Lipinski definition) is 5. The lowest BCUT2D eigenvalue weighted by atomic mass is 9.92. The van der Waals surface area contributed by atoms with Crippen molar-refractivity contribution < 1.29 is 27.9 Å². The summed E-state index contributed by atoms with van der Waals surface area (Å²) in [7, 11) is 0.539. The summed E-state index contributed by atoms with van der Waals surface area (Å²) in [5.41, 5.74) is -1.77. The van der Waals surface area contributed by atoms with Crippen molar-refractivity contribution >= 4 is 20.2 Å². The number of ether oxygens (including phenoxy) is 2. The number of esters is 1. The highest BCUT2D eigenvalue weighted by atomic mass is 28.4. The van der Waals surface area contributed by atoms with E-state index in [0.29, 0.717) is 0 Å². The van der Waals surface area contributed by atoms with Gasteiger partial charge in [0.15, 0.2) is 8.32 Å². The second kappa shape index (κ2) is 8.55. The predicted octanol–water partition coefficient (Wildman–Crippen LogP) is 2.50. The van der Waals surface area contributed by atoms with Crippen LogP contribution in [0.3, 0.4) is 0 Å². The minimum Gasteiger partial charge on any atom is -0.463 e. The molecule has 0 aromatic heterocycles. The van der Waals surface area contributed by atoms with Gasteiger partial charge in [0.2, 0.25) is 0 Å². The van der Waals surface area contributed by atoms with Crippen LogP contribution < -0.4 is 0 Å². The van der Waals surface area contributed by atoms with Crippen LogP contribution >= 0.6 is 0 Å². The molecule has 1 amide bonds. The van der Waals surface area contributed by atoms with Crippen LogP contribution in [0.4, 0.5) is 4.39 Å². The van der Waals surface area contributed by atoms with Gasteiger partial charge in [-0.3, -0.25) is 4.79 Å². The molecule has 8 heteroatoms. The van der Waals surface area contributed by atoms with Gasteiger partial charge in [-0.05, 0) is 38.7 Å². The molecule has 1 unspecified atom stereocenters. The Morgan fingerprint density at radius 2 is 1.76 bits per heavy atom. The fourth-order valence-corrected chi connectivity index (χ4v) is 3.58. The van der Waals surface area contributed by atoms with Crippen molar-refractivity contribution in [1.82, 2.24) is 4.90 Å². The topological polar surface area (TPSA) is 65.1 Å². The number of carbonyl (C=O) groups excluding carboxylic acids is 2. The van der Waals surface area contributed by atoms with Crippen LogP contribution in [0.1, 0.15) is 12.5 Å². The molecular weight excluding hydrogens is 345 g/mol. The molecule has 1 aromatic carbocycles. The smallest absolute Gasteiger partial charge is 0.352 e. The number of benzene rings is 1. The Morgan fingerprint density at radius 3 is 2.20 bits per heavy atom. The zero-order chi connectivity index (χ0) is 19.3. The normalized spacial score (nSPS) is 13.9. The summed E-state index contributed by atoms with van der Waals surface area (Å²) >= 11 is 0. The first kappa shape index (κ1) is 21.3. The lowest BCUT2D eigenvalue weighted by Crippen LogP contribution is -2.57. The van der Waals surface area contributed by atoms with E-state index in [2.05, 4.69) is 0 Å². The Morgan fingerprint density at radius 1 is 1.20 bits per heavy atom. The summed E-state index contributed by atoms with van der Waals surface area (Å²) in [5.74, 6) is -1.92. The van der Waals surface area contributed by atoms with E-state index in [4.69, 9.17) is 13.9 Å². The first-order valence-corrected chi connectivity index (χ1v) is 11.4. The summed E-state index contributed by atoms with van der Waals surface area (Å²) in [5, 5.41) is 0. The number of rotatable bonds is 8. The molecule has 140 valence electrons. The maximum atomic E-state index is 13.4. The minimum atomic E-state index is -2.40. The first-order chi connectivity index (χ1) is 11.6. The molecule has 0 spiro atoms. The fraction of sp³-hybridized carbons (Fsp3) is 0.529. The molecule has 1 atom stereocenters. The molecule has 1 rings (SSSR count). The van der Waals surface area contributed by atoms with Gasteiger partial charge in [-0.2, -0.15) is 0 Å². The van der Waals surface area contributed by atoms with Gasteiger partial charge in [-0.1, -0.05) is 12.1 Å². The van der Waals surface area contributed by atoms with E-state index in [1.165, 1.54) is 43.3 Å². The third kappa shape index (κ3) is 5.10. The SMILES string of the molecule is CCOC(=O)C(O[Si](C)(C)C)(C(=O)N(C)COC)c1ccc(F)cc1. The van der Waals surface area contributed by atoms with Crippen molar-refractivity contribution in [1.29, 1.82) is 0 Å². The molecule has 0 N–H and O–H groups in total. The van der Waals surface area contributed by atoms with Crippen molar-refractivity contribution in [2.45, 2.75) is 32.2 Å². The Balaban J connectivity index is 3.59. The van der Waals surface area contributed by atoms with Crippen LogP contribution in [0.15, 0.2) is 24.3 Å². The summed E-state index contributed by atoms with van der Waals surface area (Å²) in [6.07, 6.45) is 0. The molecule has 0 aliphatic heterocycles. The first-order valence-electron chi connectivity index (χ1n) is 7.96. The van der Waals surface area contributed by atoms with Crippen molar-refractivity contribution in [2.24, 2.45) is 0 Å². The van der Waals surface area contributed by atoms with Gasteiger partial charge in [0.1, 0.15) is 12.5 Å². The van der Waals surface area contributed by atoms with Gasteiger partial charge in [0.05, 0.1) is 6.61 Å². The molecule has 0 radical (unpaired) electrons. The van der Waals surface area contributed by atoms with E-state index >= 15 is 0 Å². The van der Waals surface area contributed by atoms with Gasteiger partial charge >= 0.3 is 5.97 Å². The van der Waals surface area contributed by atoms with Crippen LogP contribution in [-0.2, 0) is 29.1 Å². The van der Waals surface area contributed by atoms with E-state index in [1.807, 2.05) is 19.6 Å². The zero-order valence-electron chi connectivity index (χ0n) is 15.6. The molecule has 1 aromatic rings. The summed E-state index contributed by atoms with van der Waals surface area (Å²) in [6, 6.07) is 5.09. The molecule has 0 saturated carbocycles. The molecule has 0 saturated heterocycles. The van der Waals surface area contributed by atoms with Crippen LogP contribution in [0.5, 0.6) is 0 Å². The third-order valence-electron chi connectivity index (χ3n) is 3.24. The highest BCUT2D eigenvalue weighted by Crippen LogP contribution is 2.33. The Kier molecular flexibility index (Phi) is 7.27. The monoisotopic (exact) mass is 371 g/mol. The highest BCUT2D eigenvalue weighted by molar-refractivity contribution is 6.70. The molecule has 0 fully saturated rings. The van der Waals surface area contributed by atoms with E-state index in [0.717, 1.165) is 0 Å². The largest absolute Gasteiger partial charge is 0.463 e. The maximum absolute atomic E-state index is 13.4. The lowest BCUT2D eigenvalue weighted by Gasteiger charge is -2.38. The molecule has 0 bridgehead atoms. The summed E-state index contributed by atoms with van der Waals surface area (Å²) < 4.78 is 29.6. The number of methoxy groups -OCH3 is 1. The second-order valence-electron chi connectivity index (χ2n) is 6.54. The summed E-state index contributed by atoms with van der Waals surface area (Å²) in [4.78, 5) is 27.3. The van der Waals surface area contributed by atoms with Gasteiger partial charge in [-0.15, -0.1) is 0 Å². The molecule has 0 aliphatic carbocycles. The predicted molar refractivity (Wildman–Crippen MR) is 93.8 cm³/mol. The van der Waals surface area contributed by atoms with Crippen LogP contribution in [0.25, 0.3) is 0 Å². The lowest BCUT2D eigenvalue weighted by molar-refractivity contribution is -0.176. The van der Waals surface area contributed by atoms with E-state index < -0.39 is 31.6 Å². The molecule has 25 heavy (non-hydrogen) atoms. The Hall–Kier alpha value is -1.77. The van der Waals surface area contributed by atoms with Crippen molar-refractivity contribution in [3.05, 3.63) is 35.6 Å². The second-order valence-corrected chi connectivity index (χ2v) is 11.0. The number of halogens is 1. The molecular formula is C17H26FNO5Si. The van der Waals surface area contributed by atoms with Crippen molar-refractivity contribution in [3.8, 4) is 0 Å². The number of likely N-dealkylation sites (N-methyl/N-ethyl adjacent to an activating group) is 1. The van der Waals surface area contributed by atoms with Crippen molar-refractivity contribution in [2.75, 3.05) is 27.5 Å². The molecule has 6 nitrogen and oxygen atoms in total. The maximum Gasteiger partial charge on any atom is 0.352 e. The summed E-state index contributed by atoms with van der Waals surface area (Å²) in [6.45, 7) is 7.26. The minimum absolute atomic E-state index is 0.0315. The average molecular weight is 371 g/mol. The van der Waals surface area contributed by atoms with E-state index in [9.17, 15) is 14.0 Å². The van der Waals surface area contributed by atoms with E-state index in [-0.39, 0.29) is 18.9 Å².